The molecule has 0 aliphatic rings. The van der Waals surface area contributed by atoms with Gasteiger partial charge in [-0.25, -0.2) is 4.79 Å². The van der Waals surface area contributed by atoms with Crippen LogP contribution in [0, 0.1) is 0 Å². The zero-order valence-electron chi connectivity index (χ0n) is 7.65. The van der Waals surface area contributed by atoms with E-state index >= 15 is 0 Å². The van der Waals surface area contributed by atoms with E-state index in [-0.39, 0.29) is 5.97 Å². The minimum Gasteiger partial charge on any atom is -0.462 e. The molecule has 5 heteroatoms. The molecule has 0 aliphatic heterocycles. The van der Waals surface area contributed by atoms with Gasteiger partial charge >= 0.3 is 5.97 Å². The zero-order valence-corrected chi connectivity index (χ0v) is 7.65. The third kappa shape index (κ3) is 1.32. The number of nitrogens with one attached hydrogen (secondary N) is 1. The number of H-pyrrole nitrogens is 1. The number of pyridine rings is 1. The van der Waals surface area contributed by atoms with Crippen molar-refractivity contribution in [2.75, 3.05) is 6.61 Å². The van der Waals surface area contributed by atoms with Gasteiger partial charge in [0, 0.05) is 17.8 Å². The molecule has 0 saturated heterocycles. The fraction of sp³-hybridized carbons (Fsp3) is 0.222. The number of nitrogens with zero attached hydrogens (tertiary/aromatic N) is 2. The lowest BCUT2D eigenvalue weighted by molar-refractivity contribution is 0.0528. The maximum atomic E-state index is 11.4. The van der Waals surface area contributed by atoms with Crippen LogP contribution < -0.4 is 0 Å². The van der Waals surface area contributed by atoms with Crippen LogP contribution in [0.4, 0.5) is 0 Å². The van der Waals surface area contributed by atoms with Crippen molar-refractivity contribution in [1.82, 2.24) is 15.2 Å². The van der Waals surface area contributed by atoms with E-state index in [0.29, 0.717) is 17.7 Å². The molecule has 0 atom stereocenters. The van der Waals surface area contributed by atoms with Crippen molar-refractivity contribution >= 4 is 16.9 Å². The van der Waals surface area contributed by atoms with Crippen LogP contribution in [0.1, 0.15) is 17.3 Å². The standard InChI is InChI=1S/C9H9N3O2/c1-2-14-9(13)7-5-10-3-6-4-11-12-8(6)7/h3-5H,2H2,1H3,(H,11,12). The summed E-state index contributed by atoms with van der Waals surface area (Å²) in [5.74, 6) is -0.380. The Morgan fingerprint density at radius 2 is 2.36 bits per heavy atom. The summed E-state index contributed by atoms with van der Waals surface area (Å²) in [4.78, 5) is 15.4. The summed E-state index contributed by atoms with van der Waals surface area (Å²) in [5.41, 5.74) is 1.08. The Labute approximate surface area is 80.1 Å². The van der Waals surface area contributed by atoms with Crippen LogP contribution in [-0.4, -0.2) is 27.8 Å². The lowest BCUT2D eigenvalue weighted by atomic mass is 10.2. The van der Waals surface area contributed by atoms with Crippen LogP contribution in [-0.2, 0) is 4.74 Å². The molecule has 0 unspecified atom stereocenters. The van der Waals surface area contributed by atoms with E-state index < -0.39 is 0 Å². The molecule has 2 rings (SSSR count). The van der Waals surface area contributed by atoms with E-state index in [2.05, 4.69) is 15.2 Å². The zero-order chi connectivity index (χ0) is 9.97. The highest BCUT2D eigenvalue weighted by atomic mass is 16.5. The van der Waals surface area contributed by atoms with Crippen molar-refractivity contribution in [2.45, 2.75) is 6.92 Å². The van der Waals surface area contributed by atoms with E-state index in [1.165, 1.54) is 6.20 Å². The molecule has 0 radical (unpaired) electrons. The summed E-state index contributed by atoms with van der Waals surface area (Å²) in [7, 11) is 0. The van der Waals surface area contributed by atoms with E-state index in [4.69, 9.17) is 4.74 Å². The molecule has 72 valence electrons. The summed E-state index contributed by atoms with van der Waals surface area (Å²) in [6, 6.07) is 0. The van der Waals surface area contributed by atoms with Crippen LogP contribution in [0.15, 0.2) is 18.6 Å². The molecular formula is C9H9N3O2. The minimum atomic E-state index is -0.380. The normalized spacial score (nSPS) is 10.4. The number of carbonyl (C=O) groups excluding carboxylic acids is 1. The van der Waals surface area contributed by atoms with Crippen LogP contribution >= 0.6 is 0 Å². The second kappa shape index (κ2) is 3.45. The average molecular weight is 191 g/mol. The van der Waals surface area contributed by atoms with Gasteiger partial charge in [0.15, 0.2) is 0 Å². The lowest BCUT2D eigenvalue weighted by Crippen LogP contribution is -2.05. The van der Waals surface area contributed by atoms with E-state index in [1.54, 1.807) is 19.3 Å². The van der Waals surface area contributed by atoms with Crippen molar-refractivity contribution in [1.29, 1.82) is 0 Å². The second-order valence-corrected chi connectivity index (χ2v) is 2.74. The van der Waals surface area contributed by atoms with Gasteiger partial charge in [-0.05, 0) is 6.92 Å². The minimum absolute atomic E-state index is 0.351. The highest BCUT2D eigenvalue weighted by molar-refractivity contribution is 6.01. The molecule has 5 nitrogen and oxygen atoms in total. The number of ether oxygens (including phenoxy) is 1. The summed E-state index contributed by atoms with van der Waals surface area (Å²) >= 11 is 0. The summed E-state index contributed by atoms with van der Waals surface area (Å²) in [6.45, 7) is 2.11. The Hall–Kier alpha value is -1.91. The van der Waals surface area contributed by atoms with Gasteiger partial charge in [-0.15, -0.1) is 0 Å². The molecule has 0 aromatic carbocycles. The molecule has 0 bridgehead atoms. The number of aromatic nitrogens is 3. The predicted molar refractivity (Wildman–Crippen MR) is 49.8 cm³/mol. The maximum Gasteiger partial charge on any atom is 0.341 e. The highest BCUT2D eigenvalue weighted by Crippen LogP contribution is 2.14. The van der Waals surface area contributed by atoms with Gasteiger partial charge in [0.05, 0.1) is 18.3 Å². The van der Waals surface area contributed by atoms with Crippen LogP contribution in [0.3, 0.4) is 0 Å². The van der Waals surface area contributed by atoms with E-state index in [1.807, 2.05) is 0 Å². The Kier molecular flexibility index (Phi) is 2.14. The van der Waals surface area contributed by atoms with E-state index in [0.717, 1.165) is 5.39 Å². The Morgan fingerprint density at radius 3 is 3.14 bits per heavy atom. The lowest BCUT2D eigenvalue weighted by Gasteiger charge is -2.01. The summed E-state index contributed by atoms with van der Waals surface area (Å²) < 4.78 is 4.88. The maximum absolute atomic E-state index is 11.4. The molecule has 2 aromatic heterocycles. The van der Waals surface area contributed by atoms with Gasteiger partial charge < -0.3 is 4.74 Å². The molecule has 2 aromatic rings. The second-order valence-electron chi connectivity index (χ2n) is 2.74. The number of aromatic amines is 1. The van der Waals surface area contributed by atoms with E-state index in [9.17, 15) is 4.79 Å². The molecule has 0 spiro atoms. The Morgan fingerprint density at radius 1 is 1.50 bits per heavy atom. The van der Waals surface area contributed by atoms with Crippen molar-refractivity contribution < 1.29 is 9.53 Å². The Bertz CT molecular complexity index is 464. The largest absolute Gasteiger partial charge is 0.462 e. The first-order valence-electron chi connectivity index (χ1n) is 4.27. The fourth-order valence-electron chi connectivity index (χ4n) is 1.23. The molecule has 2 heterocycles. The number of hydrogen-bond acceptors (Lipinski definition) is 4. The molecule has 14 heavy (non-hydrogen) atoms. The molecule has 0 fully saturated rings. The van der Waals surface area contributed by atoms with Gasteiger partial charge in [-0.3, -0.25) is 10.1 Å². The van der Waals surface area contributed by atoms with Gasteiger partial charge in [0.25, 0.3) is 0 Å². The molecule has 0 saturated carbocycles. The summed E-state index contributed by atoms with van der Waals surface area (Å²) in [6.07, 6.45) is 4.73. The number of rotatable bonds is 2. The number of carbonyl (C=O) groups is 1. The monoisotopic (exact) mass is 191 g/mol. The van der Waals surface area contributed by atoms with Gasteiger partial charge in [0.2, 0.25) is 0 Å². The number of fused-ring (bicyclic) bond motifs is 1. The first-order valence-corrected chi connectivity index (χ1v) is 4.27. The fourth-order valence-corrected chi connectivity index (χ4v) is 1.23. The van der Waals surface area contributed by atoms with Crippen molar-refractivity contribution in [3.05, 3.63) is 24.2 Å². The van der Waals surface area contributed by atoms with Gasteiger partial charge in [0.1, 0.15) is 5.56 Å². The van der Waals surface area contributed by atoms with Crippen LogP contribution in [0.5, 0.6) is 0 Å². The predicted octanol–water partition coefficient (Wildman–Crippen LogP) is 1.13. The first kappa shape index (κ1) is 8.68. The van der Waals surface area contributed by atoms with Gasteiger partial charge in [-0.1, -0.05) is 0 Å². The molecule has 0 aliphatic carbocycles. The van der Waals surface area contributed by atoms with Gasteiger partial charge in [-0.2, -0.15) is 5.10 Å². The molecule has 0 amide bonds. The quantitative estimate of drug-likeness (QED) is 0.722. The molecule has 1 N–H and O–H groups in total. The third-order valence-electron chi connectivity index (χ3n) is 1.85. The van der Waals surface area contributed by atoms with Crippen LogP contribution in [0.2, 0.25) is 0 Å². The summed E-state index contributed by atoms with van der Waals surface area (Å²) in [5, 5.41) is 7.37. The van der Waals surface area contributed by atoms with Crippen LogP contribution in [0.25, 0.3) is 10.9 Å². The topological polar surface area (TPSA) is 67.9 Å². The average Bonchev–Trinajstić information content (AvgIpc) is 2.65. The Balaban J connectivity index is 2.50. The van der Waals surface area contributed by atoms with Crippen molar-refractivity contribution in [3.63, 3.8) is 0 Å². The smallest absolute Gasteiger partial charge is 0.341 e. The van der Waals surface area contributed by atoms with Crippen molar-refractivity contribution in [2.24, 2.45) is 0 Å². The third-order valence-corrected chi connectivity index (χ3v) is 1.85. The molecular weight excluding hydrogens is 182 g/mol. The number of hydrogen-bond donors (Lipinski definition) is 1. The highest BCUT2D eigenvalue weighted by Gasteiger charge is 2.12. The SMILES string of the molecule is CCOC(=O)c1cncc2cn[nH]c12. The first-order chi connectivity index (χ1) is 6.83. The van der Waals surface area contributed by atoms with Crippen molar-refractivity contribution in [3.8, 4) is 0 Å². The number of esters is 1.